The summed E-state index contributed by atoms with van der Waals surface area (Å²) in [5.74, 6) is 0.608. The first-order valence-corrected chi connectivity index (χ1v) is 7.14. The van der Waals surface area contributed by atoms with E-state index < -0.39 is 10.0 Å². The smallest absolute Gasteiger partial charge is 0.217 e. The number of hydrogen-bond donors (Lipinski definition) is 1. The third kappa shape index (κ3) is 3.74. The van der Waals surface area contributed by atoms with Crippen LogP contribution in [0.15, 0.2) is 0 Å². The van der Waals surface area contributed by atoms with Gasteiger partial charge in [0.25, 0.3) is 0 Å². The standard InChI is InChI=1S/C10H22N2O2S/c1-4-11-7-9(2)15(13,14)12(3)8-10-5-6-10/h9-11H,4-8H2,1-3H3. The second-order valence-corrected chi connectivity index (χ2v) is 6.85. The van der Waals surface area contributed by atoms with Crippen molar-refractivity contribution in [2.45, 2.75) is 31.9 Å². The minimum Gasteiger partial charge on any atom is -0.316 e. The Bertz CT molecular complexity index is 286. The quantitative estimate of drug-likeness (QED) is 0.704. The summed E-state index contributed by atoms with van der Waals surface area (Å²) in [6, 6.07) is 0. The number of hydrogen-bond acceptors (Lipinski definition) is 3. The summed E-state index contributed by atoms with van der Waals surface area (Å²) in [7, 11) is -1.40. The number of nitrogens with zero attached hydrogens (tertiary/aromatic N) is 1. The highest BCUT2D eigenvalue weighted by Crippen LogP contribution is 2.30. The Morgan fingerprint density at radius 3 is 2.53 bits per heavy atom. The fourth-order valence-electron chi connectivity index (χ4n) is 1.53. The topological polar surface area (TPSA) is 49.4 Å². The van der Waals surface area contributed by atoms with E-state index in [1.54, 1.807) is 14.0 Å². The zero-order chi connectivity index (χ0) is 11.5. The molecule has 1 unspecified atom stereocenters. The molecule has 0 heterocycles. The third-order valence-electron chi connectivity index (χ3n) is 2.84. The van der Waals surface area contributed by atoms with E-state index in [1.807, 2.05) is 6.92 Å². The molecule has 0 amide bonds. The lowest BCUT2D eigenvalue weighted by Gasteiger charge is -2.21. The van der Waals surface area contributed by atoms with Crippen molar-refractivity contribution in [3.8, 4) is 0 Å². The van der Waals surface area contributed by atoms with Gasteiger partial charge in [-0.25, -0.2) is 12.7 Å². The monoisotopic (exact) mass is 234 g/mol. The molecule has 1 rings (SSSR count). The van der Waals surface area contributed by atoms with Crippen LogP contribution in [0.2, 0.25) is 0 Å². The van der Waals surface area contributed by atoms with Crippen molar-refractivity contribution in [3.63, 3.8) is 0 Å². The average Bonchev–Trinajstić information content (AvgIpc) is 2.97. The minimum absolute atomic E-state index is 0.332. The molecule has 4 nitrogen and oxygen atoms in total. The summed E-state index contributed by atoms with van der Waals surface area (Å²) < 4.78 is 25.5. The Morgan fingerprint density at radius 2 is 2.07 bits per heavy atom. The van der Waals surface area contributed by atoms with Gasteiger partial charge in [-0.05, 0) is 32.2 Å². The average molecular weight is 234 g/mol. The molecule has 0 radical (unpaired) electrons. The highest BCUT2D eigenvalue weighted by Gasteiger charge is 2.31. The van der Waals surface area contributed by atoms with E-state index in [4.69, 9.17) is 0 Å². The molecule has 0 aromatic heterocycles. The molecule has 0 aromatic rings. The largest absolute Gasteiger partial charge is 0.316 e. The summed E-state index contributed by atoms with van der Waals surface area (Å²) in [6.07, 6.45) is 2.36. The molecule has 1 atom stereocenters. The van der Waals surface area contributed by atoms with Crippen molar-refractivity contribution in [1.82, 2.24) is 9.62 Å². The van der Waals surface area contributed by atoms with Gasteiger partial charge in [0.2, 0.25) is 10.0 Å². The van der Waals surface area contributed by atoms with E-state index >= 15 is 0 Å². The van der Waals surface area contributed by atoms with Gasteiger partial charge in [-0.3, -0.25) is 0 Å². The van der Waals surface area contributed by atoms with Crippen LogP contribution in [-0.4, -0.2) is 44.7 Å². The Hall–Kier alpha value is -0.130. The van der Waals surface area contributed by atoms with Crippen LogP contribution >= 0.6 is 0 Å². The van der Waals surface area contributed by atoms with E-state index in [9.17, 15) is 8.42 Å². The maximum atomic E-state index is 12.0. The molecule has 1 aliphatic carbocycles. The van der Waals surface area contributed by atoms with Gasteiger partial charge in [0.1, 0.15) is 0 Å². The summed E-state index contributed by atoms with van der Waals surface area (Å²) in [5, 5.41) is 2.74. The molecule has 0 aromatic carbocycles. The van der Waals surface area contributed by atoms with Gasteiger partial charge in [-0.15, -0.1) is 0 Å². The second kappa shape index (κ2) is 5.27. The first kappa shape index (κ1) is 12.9. The fraction of sp³-hybridized carbons (Fsp3) is 1.00. The lowest BCUT2D eigenvalue weighted by molar-refractivity contribution is 0.442. The number of nitrogens with one attached hydrogen (secondary N) is 1. The fourth-order valence-corrected chi connectivity index (χ4v) is 2.89. The predicted molar refractivity (Wildman–Crippen MR) is 62.3 cm³/mol. The Labute approximate surface area is 93.1 Å². The van der Waals surface area contributed by atoms with Crippen molar-refractivity contribution in [2.75, 3.05) is 26.7 Å². The Morgan fingerprint density at radius 1 is 1.47 bits per heavy atom. The van der Waals surface area contributed by atoms with Crippen molar-refractivity contribution in [3.05, 3.63) is 0 Å². The molecular formula is C10H22N2O2S. The number of rotatable bonds is 7. The Balaban J connectivity index is 2.46. The van der Waals surface area contributed by atoms with Crippen molar-refractivity contribution in [2.24, 2.45) is 5.92 Å². The van der Waals surface area contributed by atoms with Crippen LogP contribution in [-0.2, 0) is 10.0 Å². The van der Waals surface area contributed by atoms with Crippen LogP contribution in [0.5, 0.6) is 0 Å². The highest BCUT2D eigenvalue weighted by atomic mass is 32.2. The Kier molecular flexibility index (Phi) is 4.55. The maximum absolute atomic E-state index is 12.0. The van der Waals surface area contributed by atoms with Crippen LogP contribution in [0.3, 0.4) is 0 Å². The lowest BCUT2D eigenvalue weighted by atomic mass is 10.4. The van der Waals surface area contributed by atoms with Gasteiger partial charge in [-0.1, -0.05) is 6.92 Å². The maximum Gasteiger partial charge on any atom is 0.217 e. The molecule has 0 bridgehead atoms. The van der Waals surface area contributed by atoms with E-state index in [-0.39, 0.29) is 5.25 Å². The molecule has 1 fully saturated rings. The van der Waals surface area contributed by atoms with Crippen LogP contribution in [0.1, 0.15) is 26.7 Å². The van der Waals surface area contributed by atoms with Crippen molar-refractivity contribution >= 4 is 10.0 Å². The van der Waals surface area contributed by atoms with Gasteiger partial charge >= 0.3 is 0 Å². The van der Waals surface area contributed by atoms with Gasteiger partial charge in [0, 0.05) is 20.1 Å². The summed E-state index contributed by atoms with van der Waals surface area (Å²) in [6.45, 7) is 5.79. The molecule has 1 N–H and O–H groups in total. The van der Waals surface area contributed by atoms with Crippen molar-refractivity contribution in [1.29, 1.82) is 0 Å². The molecular weight excluding hydrogens is 212 g/mol. The molecule has 90 valence electrons. The van der Waals surface area contributed by atoms with Gasteiger partial charge < -0.3 is 5.32 Å². The summed E-state index contributed by atoms with van der Waals surface area (Å²) >= 11 is 0. The van der Waals surface area contributed by atoms with Crippen LogP contribution in [0, 0.1) is 5.92 Å². The van der Waals surface area contributed by atoms with Crippen LogP contribution in [0.25, 0.3) is 0 Å². The molecule has 1 saturated carbocycles. The van der Waals surface area contributed by atoms with Gasteiger partial charge in [0.05, 0.1) is 5.25 Å². The molecule has 0 saturated heterocycles. The van der Waals surface area contributed by atoms with E-state index in [0.717, 1.165) is 6.54 Å². The van der Waals surface area contributed by atoms with Crippen LogP contribution < -0.4 is 5.32 Å². The first-order valence-electron chi connectivity index (χ1n) is 5.64. The van der Waals surface area contributed by atoms with E-state index in [2.05, 4.69) is 5.32 Å². The van der Waals surface area contributed by atoms with E-state index in [0.29, 0.717) is 19.0 Å². The first-order chi connectivity index (χ1) is 6.98. The summed E-state index contributed by atoms with van der Waals surface area (Å²) in [5.41, 5.74) is 0. The third-order valence-corrected chi connectivity index (χ3v) is 5.04. The SMILES string of the molecule is CCNCC(C)S(=O)(=O)N(C)CC1CC1. The second-order valence-electron chi connectivity index (χ2n) is 4.39. The molecule has 0 aliphatic heterocycles. The lowest BCUT2D eigenvalue weighted by Crippen LogP contribution is -2.40. The normalized spacial score (nSPS) is 19.5. The molecule has 5 heteroatoms. The zero-order valence-corrected chi connectivity index (χ0v) is 10.7. The zero-order valence-electron chi connectivity index (χ0n) is 9.86. The van der Waals surface area contributed by atoms with Gasteiger partial charge in [-0.2, -0.15) is 0 Å². The van der Waals surface area contributed by atoms with Gasteiger partial charge in [0.15, 0.2) is 0 Å². The predicted octanol–water partition coefficient (Wildman–Crippen LogP) is 0.656. The van der Waals surface area contributed by atoms with E-state index in [1.165, 1.54) is 17.1 Å². The molecule has 1 aliphatic rings. The molecule has 15 heavy (non-hydrogen) atoms. The van der Waals surface area contributed by atoms with Crippen molar-refractivity contribution < 1.29 is 8.42 Å². The number of sulfonamides is 1. The minimum atomic E-state index is -3.10. The summed E-state index contributed by atoms with van der Waals surface area (Å²) in [4.78, 5) is 0. The highest BCUT2D eigenvalue weighted by molar-refractivity contribution is 7.89. The van der Waals surface area contributed by atoms with Crippen LogP contribution in [0.4, 0.5) is 0 Å². The molecule has 0 spiro atoms.